The highest BCUT2D eigenvalue weighted by molar-refractivity contribution is 7.88. The van der Waals surface area contributed by atoms with Crippen molar-refractivity contribution < 1.29 is 44.5 Å². The minimum atomic E-state index is -3.11. The molecule has 768 valence electrons. The number of hydrogen-bond acceptors (Lipinski definition) is 29. The number of aryl methyl sites for hydroxylation is 11. The van der Waals surface area contributed by atoms with Crippen LogP contribution < -0.4 is 37.2 Å². The van der Waals surface area contributed by atoms with E-state index >= 15 is 17.6 Å². The van der Waals surface area contributed by atoms with Crippen LogP contribution in [0.3, 0.4) is 0 Å². The summed E-state index contributed by atoms with van der Waals surface area (Å²) in [5.74, 6) is 5.56. The summed E-state index contributed by atoms with van der Waals surface area (Å²) < 4.78 is 96.0. The lowest BCUT2D eigenvalue weighted by Gasteiger charge is -2.46. The van der Waals surface area contributed by atoms with Gasteiger partial charge in [-0.05, 0) is 282 Å². The molecule has 2 amide bonds. The average Bonchev–Trinajstić information content (AvgIpc) is 0.949. The molecule has 0 radical (unpaired) electrons. The predicted octanol–water partition coefficient (Wildman–Crippen LogP) is 19.4. The van der Waals surface area contributed by atoms with Crippen molar-refractivity contribution >= 4 is 138 Å². The minimum absolute atomic E-state index is 0.0582. The highest BCUT2D eigenvalue weighted by Gasteiger charge is 2.40. The van der Waals surface area contributed by atoms with E-state index in [1.54, 1.807) is 56.0 Å². The number of piperidine rings is 4. The van der Waals surface area contributed by atoms with Crippen LogP contribution in [0.2, 0.25) is 20.1 Å². The molecule has 11 N–H and O–H groups in total. The zero-order chi connectivity index (χ0) is 103. The fourth-order valence-electron chi connectivity index (χ4n) is 19.7. The van der Waals surface area contributed by atoms with Gasteiger partial charge in [-0.2, -0.15) is 34.7 Å². The van der Waals surface area contributed by atoms with Crippen molar-refractivity contribution in [2.24, 2.45) is 0 Å². The van der Waals surface area contributed by atoms with Crippen LogP contribution in [0.1, 0.15) is 210 Å². The topological polar surface area (TPSA) is 439 Å². The number of aromatic amines is 4. The molecule has 14 aromatic rings. The van der Waals surface area contributed by atoms with Crippen LogP contribution in [0, 0.1) is 99.4 Å². The standard InChI is InChI=1S/C27H29ClFN7O2.C26H27ClFN7O2.C24H30ClFN8O2S.C24H30ClFN8/c1-14-9-19(11-23-30-13-21(28)26(31-23)32-24-10-15(2)33-34-24)22(29)12-20(14)18-5-7-36(8-6-18)27(37)25-16(3)35-38-17(25)4;1-14-8-18(10-22-29-12-20(27)25(31-22)32-23-9-15(2)33-34-23)21(28)11-19(14)17-4-6-35(7-5-17)26(36)24-16(3)30-13-37-24;1-14-8-21(28-24-27-11-19(25)23(30-24)29-22-9-15(2)31-32-22)20(26)10-18(14)16-4-6-33(7-5-16)17-12-34(13-17)37(3,35)36;1-14-9-21(29-24-28-13-19(25)23(31-24)30-22-10-15(2)32-33-22)20(26)11-18(14)16-4-7-34(8-5-16)17-3-6-27-12-17/h9-10,12-13,18H,5-8,11H2,1-4H3,(H2,30,31,32,33,34);8-9,11-13,17H,4-7,10H2,1-3H3,(H2,29,31,32,33,34);8-11,16-17H,4-7,12-13H2,1-3H3,(H3,27,28,29,30,31,32);9-11,13,16-17,27H,3-8,12H2,1-2H3,(H3,28,29,30,31,32,33). The van der Waals surface area contributed by atoms with Crippen molar-refractivity contribution in [3.63, 3.8) is 0 Å². The van der Waals surface area contributed by atoms with Gasteiger partial charge in [0, 0.05) is 118 Å². The van der Waals surface area contributed by atoms with E-state index in [1.165, 1.54) is 48.2 Å². The summed E-state index contributed by atoms with van der Waals surface area (Å²) in [4.78, 5) is 73.0. The molecule has 0 spiro atoms. The number of sulfonamides is 1. The molecule has 4 aromatic carbocycles. The first-order chi connectivity index (χ1) is 70.0. The van der Waals surface area contributed by atoms with Crippen LogP contribution in [0.25, 0.3) is 0 Å². The predicted molar refractivity (Wildman–Crippen MR) is 553 cm³/mol. The van der Waals surface area contributed by atoms with Crippen molar-refractivity contribution in [1.82, 2.24) is 120 Å². The van der Waals surface area contributed by atoms with E-state index < -0.39 is 10.0 Å². The van der Waals surface area contributed by atoms with Crippen LogP contribution >= 0.6 is 46.4 Å². The van der Waals surface area contributed by atoms with Gasteiger partial charge in [0.2, 0.25) is 27.7 Å². The van der Waals surface area contributed by atoms with Crippen LogP contribution in [-0.2, 0) is 22.9 Å². The van der Waals surface area contributed by atoms with Gasteiger partial charge in [0.1, 0.15) is 66.3 Å². The van der Waals surface area contributed by atoms with Gasteiger partial charge in [0.05, 0.1) is 53.8 Å². The van der Waals surface area contributed by atoms with Gasteiger partial charge in [-0.25, -0.2) is 60.9 Å². The number of oxazole rings is 1. The van der Waals surface area contributed by atoms with Gasteiger partial charge in [-0.3, -0.25) is 39.8 Å². The molecule has 6 aliphatic rings. The number of amides is 2. The summed E-state index contributed by atoms with van der Waals surface area (Å²) in [6.07, 6.45) is 17.1. The molecule has 6 fully saturated rings. The number of hydrogen-bond donors (Lipinski definition) is 11. The van der Waals surface area contributed by atoms with Crippen molar-refractivity contribution in [2.45, 2.75) is 183 Å². The lowest BCUT2D eigenvalue weighted by molar-refractivity contribution is 0.0667. The lowest BCUT2D eigenvalue weighted by Crippen LogP contribution is -2.61. The first kappa shape index (κ1) is 104. The zero-order valence-corrected chi connectivity index (χ0v) is 86.8. The van der Waals surface area contributed by atoms with Gasteiger partial charge in [0.25, 0.3) is 11.8 Å². The Labute approximate surface area is 862 Å². The molecule has 146 heavy (non-hydrogen) atoms. The van der Waals surface area contributed by atoms with Crippen molar-refractivity contribution in [3.05, 3.63) is 266 Å². The molecule has 1 atom stereocenters. The van der Waals surface area contributed by atoms with E-state index in [4.69, 9.17) is 55.3 Å². The summed E-state index contributed by atoms with van der Waals surface area (Å²) >= 11 is 25.0. The summed E-state index contributed by atoms with van der Waals surface area (Å²) in [6.45, 7) is 30.4. The summed E-state index contributed by atoms with van der Waals surface area (Å²) in [7, 11) is -3.11. The van der Waals surface area contributed by atoms with Crippen molar-refractivity contribution in [1.29, 1.82) is 0 Å². The number of nitrogens with zero attached hydrogens (tertiary/aromatic N) is 19. The SMILES string of the molecule is Cc1cc(Nc2nc(Cc3cc(C)c(C4CCN(C(=O)c5c(C)noc5C)CC4)cc3F)ncc2Cl)n[nH]1.Cc1cc(Nc2nc(Cc3cc(C)c(C4CCN(C(=O)c5ocnc5C)CC4)cc3F)ncc2Cl)n[nH]1.Cc1cc(Nc2nc(Nc3cc(C)c(C4CCN(C5CCNC5)CC4)cc3F)ncc2Cl)n[nH]1.Cc1cc(Nc2nc(Nc3cc(C)c(C4CCN(C5CN(S(C)(=O)=O)C5)CC4)cc3F)ncc2Cl)n[nH]1. The molecule has 16 heterocycles. The van der Waals surface area contributed by atoms with E-state index in [1.807, 2.05) is 103 Å². The molecule has 1 unspecified atom stereocenters. The normalized spacial score (nSPS) is 16.4. The summed E-state index contributed by atoms with van der Waals surface area (Å²) in [5.41, 5.74) is 15.1. The third-order valence-electron chi connectivity index (χ3n) is 27.6. The van der Waals surface area contributed by atoms with Gasteiger partial charge in [-0.15, -0.1) is 0 Å². The van der Waals surface area contributed by atoms with Gasteiger partial charge in [-0.1, -0.05) is 63.7 Å². The Morgan fingerprint density at radius 2 is 0.788 bits per heavy atom. The molecule has 0 bridgehead atoms. The molecule has 20 rings (SSSR count). The second kappa shape index (κ2) is 45.9. The third-order valence-corrected chi connectivity index (χ3v) is 29.9. The number of benzene rings is 4. The molecule has 45 heteroatoms. The van der Waals surface area contributed by atoms with E-state index in [-0.39, 0.29) is 95.1 Å². The number of anilines is 12. The average molecular weight is 2100 g/mol. The Balaban J connectivity index is 0.000000133. The van der Waals surface area contributed by atoms with Crippen molar-refractivity contribution in [2.75, 3.05) is 117 Å². The Bertz CT molecular complexity index is 7140. The van der Waals surface area contributed by atoms with E-state index in [0.717, 1.165) is 158 Å². The first-order valence-electron chi connectivity index (χ1n) is 48.5. The molecule has 36 nitrogen and oxygen atoms in total. The molecular weight excluding hydrogens is 1980 g/mol. The van der Waals surface area contributed by atoms with E-state index in [0.29, 0.717) is 169 Å². The summed E-state index contributed by atoms with van der Waals surface area (Å²) in [5, 5.41) is 54.8. The van der Waals surface area contributed by atoms with Crippen molar-refractivity contribution in [3.8, 4) is 0 Å². The number of nitrogens with one attached hydrogen (secondary N) is 11. The largest absolute Gasteiger partial charge is 0.438 e. The van der Waals surface area contributed by atoms with E-state index in [9.17, 15) is 18.0 Å². The molecule has 6 aliphatic heterocycles. The van der Waals surface area contributed by atoms with Crippen LogP contribution in [-0.4, -0.2) is 232 Å². The third kappa shape index (κ3) is 25.4. The highest BCUT2D eigenvalue weighted by atomic mass is 35.5. The first-order valence-corrected chi connectivity index (χ1v) is 51.9. The molecular formula is C101H116Cl4F4N30O6S. The maximum absolute atomic E-state index is 15.3. The maximum atomic E-state index is 15.3. The van der Waals surface area contributed by atoms with Crippen LogP contribution in [0.15, 0.2) is 113 Å². The Hall–Kier alpha value is -13.1. The molecule has 0 aliphatic carbocycles. The fraction of sp³-hybridized carbons (Fsp3) is 0.406. The molecule has 10 aromatic heterocycles. The number of rotatable bonds is 25. The second-order valence-electron chi connectivity index (χ2n) is 38.2. The quantitative estimate of drug-likeness (QED) is 0.0237. The zero-order valence-electron chi connectivity index (χ0n) is 82.9. The number of likely N-dealkylation sites (tertiary alicyclic amines) is 4. The fourth-order valence-corrected chi connectivity index (χ4v) is 21.2. The maximum Gasteiger partial charge on any atom is 0.291 e. The van der Waals surface area contributed by atoms with Gasteiger partial charge in [0.15, 0.2) is 52.9 Å². The monoisotopic (exact) mass is 2090 g/mol. The second-order valence-corrected chi connectivity index (χ2v) is 41.8. The molecule has 6 saturated heterocycles. The Kier molecular flexibility index (Phi) is 32.8. The number of H-pyrrole nitrogens is 4. The minimum Gasteiger partial charge on any atom is -0.438 e. The van der Waals surface area contributed by atoms with Gasteiger partial charge >= 0.3 is 0 Å². The summed E-state index contributed by atoms with van der Waals surface area (Å²) in [6, 6.07) is 22.1. The number of aromatic nitrogens is 18. The lowest BCUT2D eigenvalue weighted by atomic mass is 9.85. The smallest absolute Gasteiger partial charge is 0.291 e. The Morgan fingerprint density at radius 1 is 0.425 bits per heavy atom. The Morgan fingerprint density at radius 3 is 1.14 bits per heavy atom. The van der Waals surface area contributed by atoms with Crippen LogP contribution in [0.4, 0.5) is 87.4 Å². The molecule has 0 saturated carbocycles. The number of carbonyl (C=O) groups excluding carboxylic acids is 2. The number of halogens is 8. The van der Waals surface area contributed by atoms with E-state index in [2.05, 4.69) is 138 Å². The highest BCUT2D eigenvalue weighted by Crippen LogP contribution is 2.42. The van der Waals surface area contributed by atoms with Crippen LogP contribution in [0.5, 0.6) is 0 Å². The van der Waals surface area contributed by atoms with Gasteiger partial charge < -0.3 is 56.0 Å². The number of carbonyl (C=O) groups is 2.